The second kappa shape index (κ2) is 3.41. The minimum absolute atomic E-state index is 0.354. The van der Waals surface area contributed by atoms with Crippen LogP contribution in [0.4, 0.5) is 0 Å². The lowest BCUT2D eigenvalue weighted by molar-refractivity contribution is 0.594. The number of sulfone groups is 1. The van der Waals surface area contributed by atoms with Gasteiger partial charge in [0.15, 0.2) is 9.84 Å². The molecule has 1 aliphatic rings. The van der Waals surface area contributed by atoms with Gasteiger partial charge in [-0.2, -0.15) is 0 Å². The Balaban J connectivity index is 2.73. The lowest BCUT2D eigenvalue weighted by atomic mass is 10.1. The van der Waals surface area contributed by atoms with Gasteiger partial charge in [-0.05, 0) is 12.0 Å². The van der Waals surface area contributed by atoms with E-state index >= 15 is 0 Å². The molecule has 0 fully saturated rings. The van der Waals surface area contributed by atoms with Gasteiger partial charge in [-0.3, -0.25) is 0 Å². The Hall–Kier alpha value is -0.610. The zero-order valence-corrected chi connectivity index (χ0v) is 7.84. The van der Waals surface area contributed by atoms with Crippen LogP contribution < -0.4 is 5.73 Å². The minimum Gasteiger partial charge on any atom is -0.327 e. The maximum absolute atomic E-state index is 11.1. The zero-order valence-electron chi connectivity index (χ0n) is 7.03. The third kappa shape index (κ3) is 2.19. The van der Waals surface area contributed by atoms with E-state index in [-0.39, 0.29) is 5.25 Å². The summed E-state index contributed by atoms with van der Waals surface area (Å²) >= 11 is 0. The van der Waals surface area contributed by atoms with Crippen LogP contribution in [0, 0.1) is 0 Å². The molecule has 0 aliphatic heterocycles. The lowest BCUT2D eigenvalue weighted by Crippen LogP contribution is -2.19. The first kappa shape index (κ1) is 9.48. The van der Waals surface area contributed by atoms with Crippen molar-refractivity contribution in [1.29, 1.82) is 0 Å². The van der Waals surface area contributed by atoms with Crippen LogP contribution in [-0.2, 0) is 9.84 Å². The molecule has 1 rings (SSSR count). The molecule has 1 aliphatic carbocycles. The molecule has 0 radical (unpaired) electrons. The fraction of sp³-hybridized carbons (Fsp3) is 0.500. The van der Waals surface area contributed by atoms with Gasteiger partial charge < -0.3 is 5.73 Å². The molecular weight excluding hydrogens is 174 g/mol. The molecule has 2 N–H and O–H groups in total. The lowest BCUT2D eigenvalue weighted by Gasteiger charge is -2.13. The van der Waals surface area contributed by atoms with Crippen molar-refractivity contribution in [2.24, 2.45) is 5.73 Å². The van der Waals surface area contributed by atoms with Crippen LogP contribution in [0.5, 0.6) is 0 Å². The van der Waals surface area contributed by atoms with Crippen LogP contribution in [0.25, 0.3) is 0 Å². The van der Waals surface area contributed by atoms with E-state index in [1.165, 1.54) is 6.26 Å². The second-order valence-electron chi connectivity index (χ2n) is 2.95. The number of allylic oxidation sites excluding steroid dienone is 1. The van der Waals surface area contributed by atoms with E-state index in [0.717, 1.165) is 5.57 Å². The molecule has 12 heavy (non-hydrogen) atoms. The van der Waals surface area contributed by atoms with E-state index < -0.39 is 9.84 Å². The van der Waals surface area contributed by atoms with Gasteiger partial charge in [0.1, 0.15) is 0 Å². The van der Waals surface area contributed by atoms with Gasteiger partial charge in [0.25, 0.3) is 0 Å². The molecule has 1 atom stereocenters. The summed E-state index contributed by atoms with van der Waals surface area (Å²) in [4.78, 5) is 0. The van der Waals surface area contributed by atoms with Gasteiger partial charge in [0.2, 0.25) is 0 Å². The second-order valence-corrected chi connectivity index (χ2v) is 5.21. The average Bonchev–Trinajstić information content (AvgIpc) is 2.03. The van der Waals surface area contributed by atoms with Crippen molar-refractivity contribution in [3.63, 3.8) is 0 Å². The van der Waals surface area contributed by atoms with Gasteiger partial charge >= 0.3 is 0 Å². The largest absolute Gasteiger partial charge is 0.327 e. The monoisotopic (exact) mass is 187 g/mol. The van der Waals surface area contributed by atoms with Crippen LogP contribution in [0.2, 0.25) is 0 Å². The van der Waals surface area contributed by atoms with Crippen LogP contribution in [0.1, 0.15) is 6.42 Å². The van der Waals surface area contributed by atoms with E-state index in [2.05, 4.69) is 0 Å². The smallest absolute Gasteiger partial charge is 0.154 e. The Morgan fingerprint density at radius 2 is 2.33 bits per heavy atom. The van der Waals surface area contributed by atoms with E-state index in [1.807, 2.05) is 6.08 Å². The van der Waals surface area contributed by atoms with Crippen LogP contribution in [-0.4, -0.2) is 26.5 Å². The summed E-state index contributed by atoms with van der Waals surface area (Å²) in [5, 5.41) is -0.354. The van der Waals surface area contributed by atoms with Gasteiger partial charge in [-0.15, -0.1) is 0 Å². The van der Waals surface area contributed by atoms with E-state index in [9.17, 15) is 8.42 Å². The number of hydrogen-bond donors (Lipinski definition) is 1. The normalized spacial score (nSPS) is 23.8. The van der Waals surface area contributed by atoms with E-state index in [1.54, 1.807) is 12.2 Å². The number of hydrogen-bond acceptors (Lipinski definition) is 3. The van der Waals surface area contributed by atoms with E-state index in [0.29, 0.717) is 13.0 Å². The molecule has 0 aromatic rings. The van der Waals surface area contributed by atoms with Crippen molar-refractivity contribution in [3.05, 3.63) is 23.8 Å². The summed E-state index contributed by atoms with van der Waals surface area (Å²) < 4.78 is 22.1. The van der Waals surface area contributed by atoms with Crippen molar-refractivity contribution in [2.75, 3.05) is 12.8 Å². The fourth-order valence-electron chi connectivity index (χ4n) is 1.11. The summed E-state index contributed by atoms with van der Waals surface area (Å²) in [5.74, 6) is 0. The third-order valence-corrected chi connectivity index (χ3v) is 3.37. The van der Waals surface area contributed by atoms with Gasteiger partial charge in [-0.1, -0.05) is 18.2 Å². The molecule has 0 saturated carbocycles. The third-order valence-electron chi connectivity index (χ3n) is 1.92. The maximum Gasteiger partial charge on any atom is 0.154 e. The first-order chi connectivity index (χ1) is 5.54. The summed E-state index contributed by atoms with van der Waals surface area (Å²) in [6.45, 7) is 0.479. The van der Waals surface area contributed by atoms with Crippen LogP contribution >= 0.6 is 0 Å². The predicted octanol–water partition coefficient (Wildman–Crippen LogP) is 0.245. The first-order valence-electron chi connectivity index (χ1n) is 3.80. The minimum atomic E-state index is -2.93. The molecule has 0 amide bonds. The molecule has 0 bridgehead atoms. The molecule has 68 valence electrons. The molecule has 0 spiro atoms. The number of nitrogens with two attached hydrogens (primary N) is 1. The molecule has 0 heterocycles. The summed E-state index contributed by atoms with van der Waals surface area (Å²) in [7, 11) is -2.93. The maximum atomic E-state index is 11.1. The van der Waals surface area contributed by atoms with Gasteiger partial charge in [0.05, 0.1) is 5.25 Å². The first-order valence-corrected chi connectivity index (χ1v) is 5.75. The Bertz CT molecular complexity index is 314. The quantitative estimate of drug-likeness (QED) is 0.674. The average molecular weight is 187 g/mol. The predicted molar refractivity (Wildman–Crippen MR) is 49.5 cm³/mol. The topological polar surface area (TPSA) is 60.2 Å². The highest BCUT2D eigenvalue weighted by Gasteiger charge is 2.18. The highest BCUT2D eigenvalue weighted by atomic mass is 32.2. The van der Waals surface area contributed by atoms with Gasteiger partial charge in [0, 0.05) is 12.8 Å². The molecule has 0 aromatic heterocycles. The Labute approximate surface area is 72.9 Å². The van der Waals surface area contributed by atoms with Crippen molar-refractivity contribution in [3.8, 4) is 0 Å². The molecule has 0 aromatic carbocycles. The highest BCUT2D eigenvalue weighted by Crippen LogP contribution is 2.15. The molecule has 0 saturated heterocycles. The molecule has 4 heteroatoms. The molecular formula is C8H13NO2S. The standard InChI is InChI=1S/C8H13NO2S/c1-12(10,11)8-4-2-7(6-9)3-5-8/h2-4,8H,5-6,9H2,1H3. The SMILES string of the molecule is CS(=O)(=O)C1C=CC(CN)=CC1. The summed E-state index contributed by atoms with van der Waals surface area (Å²) in [6, 6.07) is 0. The summed E-state index contributed by atoms with van der Waals surface area (Å²) in [6.07, 6.45) is 7.18. The van der Waals surface area contributed by atoms with Crippen molar-refractivity contribution < 1.29 is 8.42 Å². The zero-order chi connectivity index (χ0) is 9.19. The fourth-order valence-corrected chi connectivity index (χ4v) is 1.92. The Kier molecular flexibility index (Phi) is 2.69. The van der Waals surface area contributed by atoms with Crippen LogP contribution in [0.3, 0.4) is 0 Å². The van der Waals surface area contributed by atoms with Crippen LogP contribution in [0.15, 0.2) is 23.8 Å². The Morgan fingerprint density at radius 3 is 2.67 bits per heavy atom. The van der Waals surface area contributed by atoms with Gasteiger partial charge in [-0.25, -0.2) is 8.42 Å². The van der Waals surface area contributed by atoms with Crippen molar-refractivity contribution in [1.82, 2.24) is 0 Å². The molecule has 1 unspecified atom stereocenters. The van der Waals surface area contributed by atoms with Crippen molar-refractivity contribution in [2.45, 2.75) is 11.7 Å². The Morgan fingerprint density at radius 1 is 1.67 bits per heavy atom. The number of rotatable bonds is 2. The highest BCUT2D eigenvalue weighted by molar-refractivity contribution is 7.91. The summed E-state index contributed by atoms with van der Waals surface area (Å²) in [5.41, 5.74) is 6.40. The molecule has 3 nitrogen and oxygen atoms in total. The van der Waals surface area contributed by atoms with E-state index in [4.69, 9.17) is 5.73 Å². The van der Waals surface area contributed by atoms with Crippen molar-refractivity contribution >= 4 is 9.84 Å².